The quantitative estimate of drug-likeness (QED) is 0.847. The molecule has 0 spiro atoms. The Labute approximate surface area is 143 Å². The van der Waals surface area contributed by atoms with Crippen molar-refractivity contribution in [2.75, 3.05) is 18.4 Å². The standard InChI is InChI=1S/C16H14Cl2N4O/c1-9-14(16(23)21-6-7-21)15(22-13(20-9)4-5-19-22)10-2-3-11(17)12(18)8-10/h2-5,8,15,20H,6-7H2,1H3. The Morgan fingerprint density at radius 1 is 1.26 bits per heavy atom. The van der Waals surface area contributed by atoms with Gasteiger partial charge in [-0.3, -0.25) is 4.79 Å². The maximum absolute atomic E-state index is 12.8. The summed E-state index contributed by atoms with van der Waals surface area (Å²) in [7, 11) is 0. The van der Waals surface area contributed by atoms with Gasteiger partial charge in [0, 0.05) is 24.9 Å². The van der Waals surface area contributed by atoms with Crippen molar-refractivity contribution in [1.82, 2.24) is 14.7 Å². The second-order valence-electron chi connectivity index (χ2n) is 5.69. The van der Waals surface area contributed by atoms with E-state index in [0.29, 0.717) is 15.6 Å². The summed E-state index contributed by atoms with van der Waals surface area (Å²) in [6.45, 7) is 3.52. The monoisotopic (exact) mass is 348 g/mol. The summed E-state index contributed by atoms with van der Waals surface area (Å²) in [5.41, 5.74) is 2.42. The van der Waals surface area contributed by atoms with Gasteiger partial charge in [-0.1, -0.05) is 29.3 Å². The van der Waals surface area contributed by atoms with Gasteiger partial charge in [0.15, 0.2) is 0 Å². The van der Waals surface area contributed by atoms with Crippen LogP contribution in [0, 0.1) is 0 Å². The van der Waals surface area contributed by atoms with E-state index < -0.39 is 0 Å². The lowest BCUT2D eigenvalue weighted by atomic mass is 9.95. The van der Waals surface area contributed by atoms with E-state index in [9.17, 15) is 4.79 Å². The van der Waals surface area contributed by atoms with Gasteiger partial charge in [0.2, 0.25) is 0 Å². The smallest absolute Gasteiger partial charge is 0.254 e. The molecule has 5 nitrogen and oxygen atoms in total. The van der Waals surface area contributed by atoms with E-state index in [0.717, 1.165) is 30.2 Å². The van der Waals surface area contributed by atoms with Crippen LogP contribution in [0.3, 0.4) is 0 Å². The van der Waals surface area contributed by atoms with Crippen molar-refractivity contribution in [1.29, 1.82) is 0 Å². The van der Waals surface area contributed by atoms with Gasteiger partial charge in [0.25, 0.3) is 5.91 Å². The van der Waals surface area contributed by atoms with Crippen LogP contribution >= 0.6 is 23.2 Å². The maximum Gasteiger partial charge on any atom is 0.254 e. The van der Waals surface area contributed by atoms with E-state index in [1.165, 1.54) is 0 Å². The first kappa shape index (κ1) is 14.6. The molecule has 1 N–H and O–H groups in total. The van der Waals surface area contributed by atoms with Crippen molar-refractivity contribution < 1.29 is 4.79 Å². The molecule has 2 aliphatic rings. The molecule has 118 valence electrons. The highest BCUT2D eigenvalue weighted by atomic mass is 35.5. The maximum atomic E-state index is 12.8. The third-order valence-electron chi connectivity index (χ3n) is 4.13. The molecule has 2 aromatic rings. The van der Waals surface area contributed by atoms with Crippen molar-refractivity contribution in [3.05, 3.63) is 57.3 Å². The summed E-state index contributed by atoms with van der Waals surface area (Å²) in [5.74, 6) is 0.883. The van der Waals surface area contributed by atoms with E-state index in [4.69, 9.17) is 23.2 Å². The number of nitrogens with zero attached hydrogens (tertiary/aromatic N) is 3. The predicted octanol–water partition coefficient (Wildman–Crippen LogP) is 3.32. The van der Waals surface area contributed by atoms with Crippen molar-refractivity contribution >= 4 is 34.9 Å². The molecule has 0 radical (unpaired) electrons. The third kappa shape index (κ3) is 2.40. The summed E-state index contributed by atoms with van der Waals surface area (Å²) >= 11 is 12.2. The highest BCUT2D eigenvalue weighted by Crippen LogP contribution is 2.38. The first-order valence-corrected chi connectivity index (χ1v) is 8.07. The van der Waals surface area contributed by atoms with E-state index in [1.54, 1.807) is 23.2 Å². The number of amides is 1. The molecule has 1 aromatic carbocycles. The molecule has 1 saturated heterocycles. The minimum atomic E-state index is -0.316. The zero-order valence-corrected chi connectivity index (χ0v) is 13.9. The summed E-state index contributed by atoms with van der Waals surface area (Å²) in [5, 5.41) is 8.60. The van der Waals surface area contributed by atoms with Gasteiger partial charge < -0.3 is 10.2 Å². The van der Waals surface area contributed by atoms with Crippen molar-refractivity contribution in [3.63, 3.8) is 0 Å². The number of rotatable bonds is 2. The average molecular weight is 349 g/mol. The fourth-order valence-electron chi connectivity index (χ4n) is 2.90. The van der Waals surface area contributed by atoms with Crippen LogP contribution in [-0.4, -0.2) is 33.7 Å². The number of allylic oxidation sites excluding steroid dienone is 1. The summed E-state index contributed by atoms with van der Waals surface area (Å²) in [4.78, 5) is 14.6. The van der Waals surface area contributed by atoms with E-state index >= 15 is 0 Å². The van der Waals surface area contributed by atoms with Gasteiger partial charge in [0.05, 0.1) is 21.8 Å². The van der Waals surface area contributed by atoms with Gasteiger partial charge >= 0.3 is 0 Å². The van der Waals surface area contributed by atoms with Crippen LogP contribution in [0.4, 0.5) is 5.82 Å². The molecule has 1 fully saturated rings. The number of nitrogens with one attached hydrogen (secondary N) is 1. The van der Waals surface area contributed by atoms with Crippen LogP contribution in [-0.2, 0) is 4.79 Å². The Morgan fingerprint density at radius 2 is 2.04 bits per heavy atom. The molecule has 0 saturated carbocycles. The van der Waals surface area contributed by atoms with Gasteiger partial charge in [-0.25, -0.2) is 4.68 Å². The lowest BCUT2D eigenvalue weighted by Crippen LogP contribution is -2.31. The zero-order valence-electron chi connectivity index (χ0n) is 12.4. The Hall–Kier alpha value is -1.98. The SMILES string of the molecule is CC1=C(C(=O)N2CC2)C(c2ccc(Cl)c(Cl)c2)n2nccc2N1. The van der Waals surface area contributed by atoms with Gasteiger partial charge in [-0.15, -0.1) is 0 Å². The molecule has 1 amide bonds. The Bertz CT molecular complexity index is 838. The van der Waals surface area contributed by atoms with Crippen LogP contribution in [0.15, 0.2) is 41.7 Å². The van der Waals surface area contributed by atoms with Crippen LogP contribution in [0.2, 0.25) is 10.0 Å². The second kappa shape index (κ2) is 5.28. The number of hydrogen-bond acceptors (Lipinski definition) is 3. The number of carbonyl (C=O) groups is 1. The van der Waals surface area contributed by atoms with Crippen LogP contribution in [0.25, 0.3) is 0 Å². The highest BCUT2D eigenvalue weighted by molar-refractivity contribution is 6.42. The van der Waals surface area contributed by atoms with Crippen LogP contribution in [0.1, 0.15) is 18.5 Å². The number of aromatic nitrogens is 2. The van der Waals surface area contributed by atoms with E-state index in [2.05, 4.69) is 10.4 Å². The fraction of sp³-hybridized carbons (Fsp3) is 0.250. The summed E-state index contributed by atoms with van der Waals surface area (Å²) < 4.78 is 1.81. The topological polar surface area (TPSA) is 49.9 Å². The minimum absolute atomic E-state index is 0.0345. The molecule has 1 atom stereocenters. The van der Waals surface area contributed by atoms with E-state index in [1.807, 2.05) is 23.7 Å². The minimum Gasteiger partial charge on any atom is -0.344 e. The molecule has 4 rings (SSSR count). The Balaban J connectivity index is 1.88. The Morgan fingerprint density at radius 3 is 2.74 bits per heavy atom. The zero-order chi connectivity index (χ0) is 16.1. The summed E-state index contributed by atoms with van der Waals surface area (Å²) in [6, 6.07) is 7.00. The third-order valence-corrected chi connectivity index (χ3v) is 4.87. The number of anilines is 1. The highest BCUT2D eigenvalue weighted by Gasteiger charge is 2.37. The predicted molar refractivity (Wildman–Crippen MR) is 89.7 cm³/mol. The fourth-order valence-corrected chi connectivity index (χ4v) is 3.20. The number of carbonyl (C=O) groups excluding carboxylic acids is 1. The number of fused-ring (bicyclic) bond motifs is 1. The summed E-state index contributed by atoms with van der Waals surface area (Å²) in [6.07, 6.45) is 1.71. The lowest BCUT2D eigenvalue weighted by molar-refractivity contribution is -0.122. The lowest BCUT2D eigenvalue weighted by Gasteiger charge is -2.30. The average Bonchev–Trinajstić information content (AvgIpc) is 3.27. The molecule has 2 aliphatic heterocycles. The largest absolute Gasteiger partial charge is 0.344 e. The van der Waals surface area contributed by atoms with Crippen molar-refractivity contribution in [2.45, 2.75) is 13.0 Å². The molecular weight excluding hydrogens is 335 g/mol. The molecule has 3 heterocycles. The first-order chi connectivity index (χ1) is 11.1. The molecule has 1 aromatic heterocycles. The molecule has 1 unspecified atom stereocenters. The van der Waals surface area contributed by atoms with Crippen molar-refractivity contribution in [2.24, 2.45) is 0 Å². The molecule has 0 aliphatic carbocycles. The normalized spacial score (nSPS) is 19.4. The van der Waals surface area contributed by atoms with Crippen molar-refractivity contribution in [3.8, 4) is 0 Å². The van der Waals surface area contributed by atoms with Gasteiger partial charge in [0.1, 0.15) is 11.9 Å². The number of halogens is 2. The molecular formula is C16H14Cl2N4O. The molecule has 23 heavy (non-hydrogen) atoms. The second-order valence-corrected chi connectivity index (χ2v) is 6.51. The molecule has 7 heteroatoms. The van der Waals surface area contributed by atoms with Crippen LogP contribution in [0.5, 0.6) is 0 Å². The van der Waals surface area contributed by atoms with E-state index in [-0.39, 0.29) is 11.9 Å². The first-order valence-electron chi connectivity index (χ1n) is 7.32. The molecule has 0 bridgehead atoms. The number of benzene rings is 1. The number of hydrogen-bond donors (Lipinski definition) is 1. The Kier molecular flexibility index (Phi) is 3.36. The van der Waals surface area contributed by atoms with Gasteiger partial charge in [-0.2, -0.15) is 5.10 Å². The van der Waals surface area contributed by atoms with Gasteiger partial charge in [-0.05, 0) is 24.6 Å². The van der Waals surface area contributed by atoms with Crippen LogP contribution < -0.4 is 5.32 Å².